The van der Waals surface area contributed by atoms with Crippen molar-refractivity contribution in [1.29, 1.82) is 0 Å². The smallest absolute Gasteiger partial charge is 0.0547 e. The van der Waals surface area contributed by atoms with Gasteiger partial charge in [-0.25, -0.2) is 0 Å². The molecule has 9 rings (SSSR count). The highest BCUT2D eigenvalue weighted by atomic mass is 15.1. The van der Waals surface area contributed by atoms with E-state index < -0.39 is 0 Å². The van der Waals surface area contributed by atoms with Crippen molar-refractivity contribution in [3.8, 4) is 16.8 Å². The van der Waals surface area contributed by atoms with Crippen LogP contribution in [0.3, 0.4) is 0 Å². The predicted molar refractivity (Wildman–Crippen MR) is 196 cm³/mol. The number of anilines is 3. The van der Waals surface area contributed by atoms with Gasteiger partial charge in [0.25, 0.3) is 0 Å². The molecule has 1 heterocycles. The first-order valence-corrected chi connectivity index (χ1v) is 15.8. The molecule has 216 valence electrons. The lowest BCUT2D eigenvalue weighted by atomic mass is 9.98. The summed E-state index contributed by atoms with van der Waals surface area (Å²) in [6.07, 6.45) is 0. The van der Waals surface area contributed by atoms with E-state index in [0.717, 1.165) is 22.7 Å². The zero-order valence-corrected chi connectivity index (χ0v) is 25.2. The number of benzene rings is 8. The number of aromatic nitrogens is 1. The Bertz CT molecular complexity index is 2450. The number of rotatable bonds is 5. The van der Waals surface area contributed by atoms with E-state index in [0.29, 0.717) is 0 Å². The highest BCUT2D eigenvalue weighted by Gasteiger charge is 2.20. The summed E-state index contributed by atoms with van der Waals surface area (Å²) in [6, 6.07) is 65.7. The van der Waals surface area contributed by atoms with Crippen molar-refractivity contribution in [1.82, 2.24) is 4.57 Å². The fraction of sp³-hybridized carbons (Fsp3) is 0. The topological polar surface area (TPSA) is 8.17 Å². The fourth-order valence-corrected chi connectivity index (χ4v) is 7.14. The Labute approximate surface area is 268 Å². The summed E-state index contributed by atoms with van der Waals surface area (Å²) < 4.78 is 2.39. The molecule has 46 heavy (non-hydrogen) atoms. The molecular weight excluding hydrogens is 556 g/mol. The molecule has 0 aliphatic carbocycles. The molecule has 2 nitrogen and oxygen atoms in total. The lowest BCUT2D eigenvalue weighted by molar-refractivity contribution is 1.18. The maximum Gasteiger partial charge on any atom is 0.0547 e. The van der Waals surface area contributed by atoms with Gasteiger partial charge < -0.3 is 9.47 Å². The number of fused-ring (bicyclic) bond motifs is 5. The average Bonchev–Trinajstić information content (AvgIpc) is 3.47. The summed E-state index contributed by atoms with van der Waals surface area (Å²) in [5.74, 6) is 0. The second kappa shape index (κ2) is 10.8. The van der Waals surface area contributed by atoms with E-state index in [1.807, 2.05) is 0 Å². The molecular formula is C44H30N2. The molecule has 0 N–H and O–H groups in total. The summed E-state index contributed by atoms with van der Waals surface area (Å²) in [6.45, 7) is 0. The Balaban J connectivity index is 1.31. The van der Waals surface area contributed by atoms with Crippen molar-refractivity contribution in [2.75, 3.05) is 4.90 Å². The van der Waals surface area contributed by atoms with Gasteiger partial charge in [-0.3, -0.25) is 0 Å². The first-order valence-electron chi connectivity index (χ1n) is 15.8. The van der Waals surface area contributed by atoms with E-state index >= 15 is 0 Å². The van der Waals surface area contributed by atoms with Crippen molar-refractivity contribution in [2.45, 2.75) is 0 Å². The van der Waals surface area contributed by atoms with Crippen LogP contribution in [0.1, 0.15) is 0 Å². The Morgan fingerprint density at radius 3 is 1.65 bits per heavy atom. The molecule has 9 aromatic rings. The highest BCUT2D eigenvalue weighted by Crippen LogP contribution is 2.44. The molecule has 0 fully saturated rings. The Hall–Kier alpha value is -6.12. The molecule has 0 aliphatic rings. The number of para-hydroxylation sites is 2. The van der Waals surface area contributed by atoms with E-state index in [2.05, 4.69) is 191 Å². The molecule has 0 atom stereocenters. The lowest BCUT2D eigenvalue weighted by Crippen LogP contribution is -2.11. The molecule has 0 aliphatic heterocycles. The molecule has 1 aromatic heterocycles. The number of hydrogen-bond acceptors (Lipinski definition) is 1. The van der Waals surface area contributed by atoms with Crippen LogP contribution in [-0.4, -0.2) is 4.57 Å². The average molecular weight is 587 g/mol. The van der Waals surface area contributed by atoms with Gasteiger partial charge in [0.15, 0.2) is 0 Å². The van der Waals surface area contributed by atoms with Crippen molar-refractivity contribution < 1.29 is 0 Å². The van der Waals surface area contributed by atoms with E-state index in [-0.39, 0.29) is 0 Å². The normalized spacial score (nSPS) is 11.5. The van der Waals surface area contributed by atoms with Gasteiger partial charge in [0.2, 0.25) is 0 Å². The third kappa shape index (κ3) is 4.19. The molecule has 0 saturated carbocycles. The van der Waals surface area contributed by atoms with Crippen LogP contribution in [0.15, 0.2) is 182 Å². The van der Waals surface area contributed by atoms with Crippen LogP contribution in [0.2, 0.25) is 0 Å². The Morgan fingerprint density at radius 2 is 0.935 bits per heavy atom. The quantitative estimate of drug-likeness (QED) is 0.195. The van der Waals surface area contributed by atoms with Crippen LogP contribution in [0.4, 0.5) is 17.1 Å². The largest absolute Gasteiger partial charge is 0.309 e. The van der Waals surface area contributed by atoms with E-state index in [1.54, 1.807) is 0 Å². The highest BCUT2D eigenvalue weighted by molar-refractivity contribution is 6.16. The van der Waals surface area contributed by atoms with Gasteiger partial charge in [0.1, 0.15) is 0 Å². The molecule has 0 amide bonds. The van der Waals surface area contributed by atoms with Gasteiger partial charge >= 0.3 is 0 Å². The molecule has 0 spiro atoms. The molecule has 0 radical (unpaired) electrons. The van der Waals surface area contributed by atoms with Gasteiger partial charge in [0, 0.05) is 32.9 Å². The lowest BCUT2D eigenvalue weighted by Gasteiger charge is -2.28. The van der Waals surface area contributed by atoms with E-state index in [4.69, 9.17) is 0 Å². The van der Waals surface area contributed by atoms with Crippen LogP contribution in [0, 0.1) is 0 Å². The Morgan fingerprint density at radius 1 is 0.391 bits per heavy atom. The number of nitrogens with zero attached hydrogens (tertiary/aromatic N) is 2. The van der Waals surface area contributed by atoms with Gasteiger partial charge in [-0.2, -0.15) is 0 Å². The fourth-order valence-electron chi connectivity index (χ4n) is 7.14. The first-order chi connectivity index (χ1) is 22.8. The van der Waals surface area contributed by atoms with Crippen molar-refractivity contribution in [2.24, 2.45) is 0 Å². The van der Waals surface area contributed by atoms with Gasteiger partial charge in [-0.05, 0) is 70.4 Å². The van der Waals surface area contributed by atoms with Crippen molar-refractivity contribution >= 4 is 60.4 Å². The van der Waals surface area contributed by atoms with Crippen LogP contribution >= 0.6 is 0 Å². The summed E-state index contributed by atoms with van der Waals surface area (Å²) in [7, 11) is 0. The second-order valence-electron chi connectivity index (χ2n) is 11.8. The SMILES string of the molecule is c1ccc(-n2c3ccccc3c3c(-c4cccc(N(c5cccc6ccccc56)c5cccc6ccccc56)c4)cccc32)cc1. The number of hydrogen-bond donors (Lipinski definition) is 0. The first kappa shape index (κ1) is 26.3. The summed E-state index contributed by atoms with van der Waals surface area (Å²) in [4.78, 5) is 2.43. The predicted octanol–water partition coefficient (Wildman–Crippen LogP) is 12.2. The third-order valence-electron chi connectivity index (χ3n) is 9.14. The standard InChI is InChI=1S/C44H30N2/c1-2-19-34(20-3-1)45-42-26-9-8-24-39(42)44-38(25-13-29-43(44)45)33-18-10-21-35(30-33)46(40-27-11-16-31-14-4-6-22-36(31)40)41-28-12-17-32-15-5-7-23-37(32)41/h1-30H. The zero-order chi connectivity index (χ0) is 30.5. The van der Waals surface area contributed by atoms with E-state index in [9.17, 15) is 0 Å². The van der Waals surface area contributed by atoms with Gasteiger partial charge in [-0.15, -0.1) is 0 Å². The van der Waals surface area contributed by atoms with Crippen LogP contribution in [0.5, 0.6) is 0 Å². The molecule has 0 unspecified atom stereocenters. The summed E-state index contributed by atoms with van der Waals surface area (Å²) in [5.41, 5.74) is 9.42. The molecule has 8 aromatic carbocycles. The molecule has 0 bridgehead atoms. The van der Waals surface area contributed by atoms with Crippen molar-refractivity contribution in [3.63, 3.8) is 0 Å². The summed E-state index contributed by atoms with van der Waals surface area (Å²) >= 11 is 0. The van der Waals surface area contributed by atoms with Crippen molar-refractivity contribution in [3.05, 3.63) is 182 Å². The second-order valence-corrected chi connectivity index (χ2v) is 11.8. The van der Waals surface area contributed by atoms with Crippen LogP contribution in [0.25, 0.3) is 60.2 Å². The monoisotopic (exact) mass is 586 g/mol. The minimum absolute atomic E-state index is 1.12. The summed E-state index contributed by atoms with van der Waals surface area (Å²) in [5, 5.41) is 7.40. The van der Waals surface area contributed by atoms with Gasteiger partial charge in [-0.1, -0.05) is 133 Å². The Kier molecular flexibility index (Phi) is 6.17. The molecule has 0 saturated heterocycles. The molecule has 2 heteroatoms. The van der Waals surface area contributed by atoms with Crippen LogP contribution < -0.4 is 4.90 Å². The third-order valence-corrected chi connectivity index (χ3v) is 9.14. The van der Waals surface area contributed by atoms with Crippen LogP contribution in [-0.2, 0) is 0 Å². The zero-order valence-electron chi connectivity index (χ0n) is 25.2. The minimum atomic E-state index is 1.12. The van der Waals surface area contributed by atoms with E-state index in [1.165, 1.54) is 54.5 Å². The maximum absolute atomic E-state index is 2.43. The maximum atomic E-state index is 2.43. The minimum Gasteiger partial charge on any atom is -0.309 e. The van der Waals surface area contributed by atoms with Gasteiger partial charge in [0.05, 0.1) is 22.4 Å².